The fourth-order valence-electron chi connectivity index (χ4n) is 2.41. The molecule has 1 N–H and O–H groups in total. The monoisotopic (exact) mass is 213 g/mol. The zero-order valence-electron chi connectivity index (χ0n) is 11.0. The summed E-state index contributed by atoms with van der Waals surface area (Å²) in [6.07, 6.45) is 2.97. The maximum absolute atomic E-state index is 10.7. The molecule has 1 rings (SSSR count). The molecule has 0 bridgehead atoms. The fourth-order valence-corrected chi connectivity index (χ4v) is 2.41. The van der Waals surface area contributed by atoms with Crippen LogP contribution >= 0.6 is 0 Å². The molecule has 1 atom stereocenters. The van der Waals surface area contributed by atoms with Crippen molar-refractivity contribution in [3.05, 3.63) is 0 Å². The lowest BCUT2D eigenvalue weighted by atomic mass is 9.72. The summed E-state index contributed by atoms with van der Waals surface area (Å²) >= 11 is 0. The molecule has 0 amide bonds. The Kier molecular flexibility index (Phi) is 3.83. The fraction of sp³-hybridized carbons (Fsp3) is 1.00. The minimum Gasteiger partial charge on any atom is -0.389 e. The Bertz CT molecular complexity index is 207. The van der Waals surface area contributed by atoms with Gasteiger partial charge in [0.2, 0.25) is 0 Å². The third kappa shape index (κ3) is 2.94. The first kappa shape index (κ1) is 13.0. The smallest absolute Gasteiger partial charge is 0.0708 e. The van der Waals surface area contributed by atoms with Gasteiger partial charge in [-0.1, -0.05) is 20.8 Å². The van der Waals surface area contributed by atoms with Gasteiger partial charge in [-0.25, -0.2) is 0 Å². The Balaban J connectivity index is 2.67. The second kappa shape index (κ2) is 4.42. The highest BCUT2D eigenvalue weighted by Gasteiger charge is 2.40. The number of rotatable bonds is 1. The lowest BCUT2D eigenvalue weighted by Crippen LogP contribution is -2.43. The molecule has 1 saturated heterocycles. The van der Waals surface area contributed by atoms with Crippen molar-refractivity contribution in [2.75, 3.05) is 13.1 Å². The summed E-state index contributed by atoms with van der Waals surface area (Å²) < 4.78 is 0. The maximum Gasteiger partial charge on any atom is 0.0708 e. The van der Waals surface area contributed by atoms with E-state index in [4.69, 9.17) is 0 Å². The molecular formula is C13H27NO. The summed E-state index contributed by atoms with van der Waals surface area (Å²) in [7, 11) is 0. The molecule has 0 saturated carbocycles. The Morgan fingerprint density at radius 3 is 2.20 bits per heavy atom. The van der Waals surface area contributed by atoms with Crippen LogP contribution in [0.5, 0.6) is 0 Å². The number of likely N-dealkylation sites (tertiary alicyclic amines) is 1. The van der Waals surface area contributed by atoms with Crippen LogP contribution in [0.25, 0.3) is 0 Å². The van der Waals surface area contributed by atoms with Crippen LogP contribution in [-0.4, -0.2) is 34.7 Å². The zero-order chi connectivity index (χ0) is 11.7. The predicted octanol–water partition coefficient (Wildman–Crippen LogP) is 2.66. The van der Waals surface area contributed by atoms with Gasteiger partial charge in [0.05, 0.1) is 5.60 Å². The summed E-state index contributed by atoms with van der Waals surface area (Å²) in [4.78, 5) is 2.48. The molecule has 2 heteroatoms. The molecule has 0 aromatic rings. The average molecular weight is 213 g/mol. The van der Waals surface area contributed by atoms with E-state index in [2.05, 4.69) is 39.5 Å². The quantitative estimate of drug-likeness (QED) is 0.724. The molecule has 1 aliphatic rings. The topological polar surface area (TPSA) is 23.5 Å². The van der Waals surface area contributed by atoms with E-state index < -0.39 is 5.60 Å². The first-order chi connectivity index (χ1) is 6.76. The van der Waals surface area contributed by atoms with Gasteiger partial charge in [-0.05, 0) is 45.1 Å². The molecule has 90 valence electrons. The number of nitrogens with zero attached hydrogens (tertiary/aromatic N) is 1. The van der Waals surface area contributed by atoms with Crippen molar-refractivity contribution < 1.29 is 5.11 Å². The summed E-state index contributed by atoms with van der Waals surface area (Å²) in [5.41, 5.74) is -0.476. The number of hydrogen-bond donors (Lipinski definition) is 1. The van der Waals surface area contributed by atoms with Crippen LogP contribution < -0.4 is 0 Å². The summed E-state index contributed by atoms with van der Waals surface area (Å²) in [5, 5.41) is 10.7. The van der Waals surface area contributed by atoms with Crippen LogP contribution in [0.1, 0.15) is 53.9 Å². The van der Waals surface area contributed by atoms with Gasteiger partial charge in [0, 0.05) is 12.6 Å². The van der Waals surface area contributed by atoms with Crippen LogP contribution in [0.15, 0.2) is 0 Å². The number of aliphatic hydroxyl groups is 1. The van der Waals surface area contributed by atoms with Gasteiger partial charge in [-0.3, -0.25) is 0 Å². The van der Waals surface area contributed by atoms with E-state index in [0.717, 1.165) is 32.4 Å². The third-order valence-electron chi connectivity index (χ3n) is 3.97. The second-order valence-electron chi connectivity index (χ2n) is 6.26. The van der Waals surface area contributed by atoms with Crippen LogP contribution in [0.3, 0.4) is 0 Å². The van der Waals surface area contributed by atoms with Crippen LogP contribution in [0.4, 0.5) is 0 Å². The van der Waals surface area contributed by atoms with Crippen molar-refractivity contribution in [1.82, 2.24) is 4.90 Å². The van der Waals surface area contributed by atoms with Gasteiger partial charge in [0.15, 0.2) is 0 Å². The Labute approximate surface area is 94.7 Å². The molecule has 1 heterocycles. The van der Waals surface area contributed by atoms with Gasteiger partial charge in [-0.2, -0.15) is 0 Å². The first-order valence-electron chi connectivity index (χ1n) is 6.23. The van der Waals surface area contributed by atoms with Gasteiger partial charge in [0.25, 0.3) is 0 Å². The van der Waals surface area contributed by atoms with Crippen molar-refractivity contribution in [3.63, 3.8) is 0 Å². The molecule has 15 heavy (non-hydrogen) atoms. The zero-order valence-corrected chi connectivity index (χ0v) is 11.0. The highest BCUT2D eigenvalue weighted by Crippen LogP contribution is 2.38. The van der Waals surface area contributed by atoms with E-state index in [1.54, 1.807) is 0 Å². The van der Waals surface area contributed by atoms with E-state index in [-0.39, 0.29) is 5.41 Å². The Morgan fingerprint density at radius 2 is 1.73 bits per heavy atom. The summed E-state index contributed by atoms with van der Waals surface area (Å²) in [5.74, 6) is 0. The number of hydrogen-bond acceptors (Lipinski definition) is 2. The predicted molar refractivity (Wildman–Crippen MR) is 65.0 cm³/mol. The third-order valence-corrected chi connectivity index (χ3v) is 3.97. The summed E-state index contributed by atoms with van der Waals surface area (Å²) in [6.45, 7) is 13.1. The molecule has 0 aromatic carbocycles. The largest absolute Gasteiger partial charge is 0.389 e. The minimum atomic E-state index is -0.476. The van der Waals surface area contributed by atoms with Crippen molar-refractivity contribution >= 4 is 0 Å². The molecule has 0 aliphatic carbocycles. The van der Waals surface area contributed by atoms with E-state index >= 15 is 0 Å². The van der Waals surface area contributed by atoms with Crippen molar-refractivity contribution in [1.29, 1.82) is 0 Å². The molecule has 2 nitrogen and oxygen atoms in total. The molecular weight excluding hydrogens is 186 g/mol. The molecule has 1 unspecified atom stereocenters. The van der Waals surface area contributed by atoms with E-state index in [0.29, 0.717) is 6.04 Å². The first-order valence-corrected chi connectivity index (χ1v) is 6.23. The van der Waals surface area contributed by atoms with E-state index in [1.807, 2.05) is 0 Å². The SMILES string of the molecule is CC(C)N1CCCC(O)(C(C)(C)C)CC1. The van der Waals surface area contributed by atoms with Crippen molar-refractivity contribution in [2.24, 2.45) is 5.41 Å². The van der Waals surface area contributed by atoms with Gasteiger partial charge < -0.3 is 10.0 Å². The lowest BCUT2D eigenvalue weighted by molar-refractivity contribution is -0.0688. The van der Waals surface area contributed by atoms with E-state index in [1.165, 1.54) is 0 Å². The van der Waals surface area contributed by atoms with Crippen LogP contribution in [0.2, 0.25) is 0 Å². The molecule has 0 aromatic heterocycles. The van der Waals surface area contributed by atoms with Gasteiger partial charge in [0.1, 0.15) is 0 Å². The molecule has 0 spiro atoms. The lowest BCUT2D eigenvalue weighted by Gasteiger charge is -2.40. The standard InChI is InChI=1S/C13H27NO/c1-11(2)14-9-6-7-13(15,8-10-14)12(3,4)5/h11,15H,6-10H2,1-5H3. The minimum absolute atomic E-state index is 0.0000104. The van der Waals surface area contributed by atoms with Gasteiger partial charge in [-0.15, -0.1) is 0 Å². The van der Waals surface area contributed by atoms with Crippen LogP contribution in [0, 0.1) is 5.41 Å². The Hall–Kier alpha value is -0.0800. The van der Waals surface area contributed by atoms with Crippen molar-refractivity contribution in [2.45, 2.75) is 65.5 Å². The molecule has 1 aliphatic heterocycles. The second-order valence-corrected chi connectivity index (χ2v) is 6.26. The summed E-state index contributed by atoms with van der Waals surface area (Å²) in [6, 6.07) is 0.604. The maximum atomic E-state index is 10.7. The van der Waals surface area contributed by atoms with Crippen molar-refractivity contribution in [3.8, 4) is 0 Å². The highest BCUT2D eigenvalue weighted by atomic mass is 16.3. The van der Waals surface area contributed by atoms with Gasteiger partial charge >= 0.3 is 0 Å². The molecule has 1 fully saturated rings. The highest BCUT2D eigenvalue weighted by molar-refractivity contribution is 4.93. The molecule has 0 radical (unpaired) electrons. The Morgan fingerprint density at radius 1 is 1.13 bits per heavy atom. The van der Waals surface area contributed by atoms with Crippen LogP contribution in [-0.2, 0) is 0 Å². The average Bonchev–Trinajstić information content (AvgIpc) is 2.26. The normalized spacial score (nSPS) is 30.6. The van der Waals surface area contributed by atoms with E-state index in [9.17, 15) is 5.11 Å².